The highest BCUT2D eigenvalue weighted by atomic mass is 32.2. The molecule has 0 atom stereocenters. The van der Waals surface area contributed by atoms with Crippen LogP contribution in [-0.4, -0.2) is 37.2 Å². The first-order chi connectivity index (χ1) is 14.8. The number of benzene rings is 2. The third-order valence-corrected chi connectivity index (χ3v) is 7.54. The van der Waals surface area contributed by atoms with Gasteiger partial charge in [0.1, 0.15) is 6.54 Å². The van der Waals surface area contributed by atoms with Crippen LogP contribution in [0.2, 0.25) is 0 Å². The topological polar surface area (TPSA) is 94.8 Å². The van der Waals surface area contributed by atoms with Crippen molar-refractivity contribution >= 4 is 43.3 Å². The summed E-state index contributed by atoms with van der Waals surface area (Å²) in [6, 6.07) is 11.7. The van der Waals surface area contributed by atoms with Crippen molar-refractivity contribution in [2.24, 2.45) is 4.99 Å². The summed E-state index contributed by atoms with van der Waals surface area (Å²) in [5.74, 6) is -1.06. The lowest BCUT2D eigenvalue weighted by molar-refractivity contribution is -0.143. The molecule has 3 aromatic rings. The van der Waals surface area contributed by atoms with Crippen LogP contribution in [0.25, 0.3) is 10.2 Å². The van der Waals surface area contributed by atoms with E-state index in [2.05, 4.69) is 4.99 Å². The fourth-order valence-corrected chi connectivity index (χ4v) is 5.07. The third-order valence-electron chi connectivity index (χ3n) is 4.77. The molecule has 0 fully saturated rings. The third kappa shape index (κ3) is 5.11. The fourth-order valence-electron chi connectivity index (χ4n) is 3.05. The predicted octanol–water partition coefficient (Wildman–Crippen LogP) is 3.36. The number of rotatable bonds is 7. The molecule has 0 N–H and O–H groups in total. The van der Waals surface area contributed by atoms with Gasteiger partial charge in [0, 0.05) is 5.56 Å². The van der Waals surface area contributed by atoms with E-state index in [-0.39, 0.29) is 29.4 Å². The second-order valence-electron chi connectivity index (χ2n) is 6.78. The fraction of sp³-hybridized carbons (Fsp3) is 0.318. The number of nitrogens with zero attached hydrogens (tertiary/aromatic N) is 2. The van der Waals surface area contributed by atoms with Crippen LogP contribution >= 0.6 is 11.3 Å². The maximum absolute atomic E-state index is 12.9. The number of fused-ring (bicyclic) bond motifs is 1. The second kappa shape index (κ2) is 9.57. The molecule has 0 saturated heterocycles. The van der Waals surface area contributed by atoms with E-state index in [0.29, 0.717) is 4.80 Å². The molecule has 7 nitrogen and oxygen atoms in total. The van der Waals surface area contributed by atoms with Gasteiger partial charge in [-0.3, -0.25) is 9.59 Å². The zero-order chi connectivity index (χ0) is 22.6. The van der Waals surface area contributed by atoms with Gasteiger partial charge >= 0.3 is 5.97 Å². The molecule has 9 heteroatoms. The molecule has 1 aromatic heterocycles. The van der Waals surface area contributed by atoms with Crippen LogP contribution in [0.5, 0.6) is 0 Å². The highest BCUT2D eigenvalue weighted by Crippen LogP contribution is 2.20. The number of esters is 1. The molecule has 0 spiro atoms. The van der Waals surface area contributed by atoms with Crippen molar-refractivity contribution < 1.29 is 22.7 Å². The number of carbonyl (C=O) groups is 2. The number of hydrogen-bond donors (Lipinski definition) is 0. The first-order valence-corrected chi connectivity index (χ1v) is 12.5. The lowest BCUT2D eigenvalue weighted by Gasteiger charge is -2.06. The van der Waals surface area contributed by atoms with Crippen LogP contribution in [0.3, 0.4) is 0 Å². The van der Waals surface area contributed by atoms with Crippen molar-refractivity contribution in [3.05, 3.63) is 58.4 Å². The van der Waals surface area contributed by atoms with E-state index in [1.807, 2.05) is 25.1 Å². The Morgan fingerprint density at radius 3 is 2.55 bits per heavy atom. The lowest BCUT2D eigenvalue weighted by Crippen LogP contribution is -2.23. The van der Waals surface area contributed by atoms with Gasteiger partial charge in [-0.2, -0.15) is 4.99 Å². The van der Waals surface area contributed by atoms with E-state index in [1.165, 1.54) is 35.6 Å². The monoisotopic (exact) mass is 460 g/mol. The Balaban J connectivity index is 2.11. The van der Waals surface area contributed by atoms with Gasteiger partial charge in [-0.1, -0.05) is 37.3 Å². The summed E-state index contributed by atoms with van der Waals surface area (Å²) in [5, 5.41) is 0. The Bertz CT molecular complexity index is 1300. The smallest absolute Gasteiger partial charge is 0.326 e. The lowest BCUT2D eigenvalue weighted by atomic mass is 10.2. The van der Waals surface area contributed by atoms with Crippen molar-refractivity contribution in [2.75, 3.05) is 12.4 Å². The molecule has 2 aromatic carbocycles. The van der Waals surface area contributed by atoms with E-state index in [9.17, 15) is 18.0 Å². The Kier molecular flexibility index (Phi) is 7.07. The van der Waals surface area contributed by atoms with Crippen molar-refractivity contribution in [2.45, 2.75) is 38.6 Å². The van der Waals surface area contributed by atoms with E-state index in [1.54, 1.807) is 18.4 Å². The summed E-state index contributed by atoms with van der Waals surface area (Å²) in [7, 11) is -3.44. The number of sulfone groups is 1. The molecular weight excluding hydrogens is 436 g/mol. The number of hydrogen-bond acceptors (Lipinski definition) is 6. The van der Waals surface area contributed by atoms with E-state index in [0.717, 1.165) is 22.2 Å². The molecule has 1 heterocycles. The average molecular weight is 461 g/mol. The Morgan fingerprint density at radius 2 is 1.87 bits per heavy atom. The van der Waals surface area contributed by atoms with Gasteiger partial charge in [0.2, 0.25) is 0 Å². The van der Waals surface area contributed by atoms with Crippen molar-refractivity contribution in [3.63, 3.8) is 0 Å². The van der Waals surface area contributed by atoms with Gasteiger partial charge in [0.25, 0.3) is 5.91 Å². The number of amides is 1. The molecule has 31 heavy (non-hydrogen) atoms. The van der Waals surface area contributed by atoms with E-state index < -0.39 is 21.7 Å². The molecule has 1 amide bonds. The minimum Gasteiger partial charge on any atom is -0.465 e. The van der Waals surface area contributed by atoms with Gasteiger partial charge in [-0.05, 0) is 49.2 Å². The molecule has 164 valence electrons. The van der Waals surface area contributed by atoms with Crippen molar-refractivity contribution in [3.8, 4) is 0 Å². The molecule has 0 aliphatic rings. The van der Waals surface area contributed by atoms with Gasteiger partial charge in [0.15, 0.2) is 14.6 Å². The first-order valence-electron chi connectivity index (χ1n) is 9.98. The summed E-state index contributed by atoms with van der Waals surface area (Å²) in [5.41, 5.74) is 2.08. The van der Waals surface area contributed by atoms with Gasteiger partial charge in [-0.25, -0.2) is 8.42 Å². The zero-order valence-electron chi connectivity index (χ0n) is 17.6. The summed E-state index contributed by atoms with van der Waals surface area (Å²) >= 11 is 1.30. The Labute approximate surface area is 184 Å². The normalized spacial score (nSPS) is 12.3. The molecule has 3 rings (SSSR count). The van der Waals surface area contributed by atoms with E-state index >= 15 is 0 Å². The average Bonchev–Trinajstić information content (AvgIpc) is 3.09. The standard InChI is InChI=1S/C22H24N2O5S2/c1-4-15-10-11-18-19(12-15)30-22(24(18)14-20(25)29-5-2)23-21(26)16-8-7-9-17(13-16)31(27,28)6-3/h7-13H,4-6,14H2,1-3H3. The quantitative estimate of drug-likeness (QED) is 0.504. The first kappa shape index (κ1) is 22.9. The number of thiazole rings is 1. The Hall–Kier alpha value is -2.78. The summed E-state index contributed by atoms with van der Waals surface area (Å²) < 4.78 is 31.9. The molecule has 0 aliphatic heterocycles. The van der Waals surface area contributed by atoms with Gasteiger partial charge in [-0.15, -0.1) is 0 Å². The van der Waals surface area contributed by atoms with Crippen LogP contribution in [0.1, 0.15) is 36.7 Å². The number of ether oxygens (including phenoxy) is 1. The highest BCUT2D eigenvalue weighted by Gasteiger charge is 2.16. The molecular formula is C22H24N2O5S2. The summed E-state index contributed by atoms with van der Waals surface area (Å²) in [6.45, 7) is 5.51. The SMILES string of the molecule is CCOC(=O)Cn1c(=NC(=O)c2cccc(S(=O)(=O)CC)c2)sc2cc(CC)ccc21. The zero-order valence-corrected chi connectivity index (χ0v) is 19.3. The largest absolute Gasteiger partial charge is 0.465 e. The molecule has 0 bridgehead atoms. The van der Waals surface area contributed by atoms with Crippen LogP contribution in [-0.2, 0) is 32.3 Å². The van der Waals surface area contributed by atoms with Gasteiger partial charge in [0.05, 0.1) is 27.5 Å². The van der Waals surface area contributed by atoms with Crippen molar-refractivity contribution in [1.29, 1.82) is 0 Å². The maximum atomic E-state index is 12.9. The highest BCUT2D eigenvalue weighted by molar-refractivity contribution is 7.91. The predicted molar refractivity (Wildman–Crippen MR) is 120 cm³/mol. The number of carbonyl (C=O) groups excluding carboxylic acids is 2. The van der Waals surface area contributed by atoms with Crippen LogP contribution in [0.15, 0.2) is 52.4 Å². The Morgan fingerprint density at radius 1 is 1.10 bits per heavy atom. The summed E-state index contributed by atoms with van der Waals surface area (Å²) in [6.07, 6.45) is 0.857. The second-order valence-corrected chi connectivity index (χ2v) is 10.1. The molecule has 0 saturated carbocycles. The van der Waals surface area contributed by atoms with Crippen LogP contribution in [0, 0.1) is 0 Å². The van der Waals surface area contributed by atoms with Crippen LogP contribution < -0.4 is 4.80 Å². The number of aromatic nitrogens is 1. The minimum atomic E-state index is -3.44. The van der Waals surface area contributed by atoms with E-state index in [4.69, 9.17) is 4.74 Å². The maximum Gasteiger partial charge on any atom is 0.326 e. The van der Waals surface area contributed by atoms with Gasteiger partial charge < -0.3 is 9.30 Å². The van der Waals surface area contributed by atoms with Crippen LogP contribution in [0.4, 0.5) is 0 Å². The molecule has 0 aliphatic carbocycles. The number of aryl methyl sites for hydroxylation is 1. The minimum absolute atomic E-state index is 0.0581. The summed E-state index contributed by atoms with van der Waals surface area (Å²) in [4.78, 5) is 29.7. The van der Waals surface area contributed by atoms with Crippen molar-refractivity contribution in [1.82, 2.24) is 4.57 Å². The molecule has 0 radical (unpaired) electrons. The molecule has 0 unspecified atom stereocenters.